The molecule has 2 aromatic carbocycles. The molecule has 3 aromatic rings. The van der Waals surface area contributed by atoms with E-state index in [1.807, 2.05) is 18.2 Å². The normalized spacial score (nSPS) is 10.4. The summed E-state index contributed by atoms with van der Waals surface area (Å²) in [7, 11) is 1.59. The van der Waals surface area contributed by atoms with E-state index >= 15 is 0 Å². The SMILES string of the molecule is COc1ccc(CONC(=O)c2cn(CC(=O)c3ccccc3)nn2)cc1. The van der Waals surface area contributed by atoms with Gasteiger partial charge in [-0.1, -0.05) is 47.7 Å². The molecule has 8 heteroatoms. The van der Waals surface area contributed by atoms with Crippen LogP contribution in [0.25, 0.3) is 0 Å². The van der Waals surface area contributed by atoms with Gasteiger partial charge in [0.25, 0.3) is 5.91 Å². The van der Waals surface area contributed by atoms with Gasteiger partial charge in [-0.3, -0.25) is 14.4 Å². The van der Waals surface area contributed by atoms with E-state index in [0.29, 0.717) is 5.56 Å². The Kier molecular flexibility index (Phi) is 5.91. The molecule has 0 fully saturated rings. The summed E-state index contributed by atoms with van der Waals surface area (Å²) in [5.74, 6) is 0.0783. The predicted molar refractivity (Wildman–Crippen MR) is 96.0 cm³/mol. The third kappa shape index (κ3) is 4.99. The molecule has 1 heterocycles. The van der Waals surface area contributed by atoms with E-state index in [-0.39, 0.29) is 24.6 Å². The van der Waals surface area contributed by atoms with Crippen LogP contribution in [0.2, 0.25) is 0 Å². The Morgan fingerprint density at radius 3 is 2.52 bits per heavy atom. The average Bonchev–Trinajstić information content (AvgIpc) is 3.17. The summed E-state index contributed by atoms with van der Waals surface area (Å²) in [6.07, 6.45) is 1.40. The smallest absolute Gasteiger partial charge is 0.297 e. The third-order valence-electron chi connectivity index (χ3n) is 3.74. The molecule has 0 unspecified atom stereocenters. The fourth-order valence-corrected chi connectivity index (χ4v) is 2.30. The van der Waals surface area contributed by atoms with Crippen LogP contribution in [-0.4, -0.2) is 33.8 Å². The summed E-state index contributed by atoms with van der Waals surface area (Å²) in [4.78, 5) is 29.4. The van der Waals surface area contributed by atoms with Crippen molar-refractivity contribution in [3.8, 4) is 5.75 Å². The van der Waals surface area contributed by atoms with Gasteiger partial charge >= 0.3 is 0 Å². The number of nitrogens with one attached hydrogen (secondary N) is 1. The van der Waals surface area contributed by atoms with Gasteiger partial charge in [-0.25, -0.2) is 10.2 Å². The zero-order chi connectivity index (χ0) is 19.1. The summed E-state index contributed by atoms with van der Waals surface area (Å²) in [5.41, 5.74) is 3.80. The van der Waals surface area contributed by atoms with Gasteiger partial charge in [0, 0.05) is 5.56 Å². The molecule has 0 saturated carbocycles. The first-order valence-electron chi connectivity index (χ1n) is 8.19. The number of hydrogen-bond donors (Lipinski definition) is 1. The van der Waals surface area contributed by atoms with Gasteiger partial charge in [-0.05, 0) is 17.7 Å². The number of carbonyl (C=O) groups is 2. The second-order valence-electron chi connectivity index (χ2n) is 5.66. The molecule has 0 spiro atoms. The highest BCUT2D eigenvalue weighted by molar-refractivity contribution is 5.96. The van der Waals surface area contributed by atoms with Crippen LogP contribution in [0.5, 0.6) is 5.75 Å². The van der Waals surface area contributed by atoms with Crippen molar-refractivity contribution in [3.63, 3.8) is 0 Å². The first-order chi connectivity index (χ1) is 13.2. The van der Waals surface area contributed by atoms with Crippen LogP contribution < -0.4 is 10.2 Å². The lowest BCUT2D eigenvalue weighted by atomic mass is 10.1. The van der Waals surface area contributed by atoms with E-state index in [1.165, 1.54) is 10.9 Å². The van der Waals surface area contributed by atoms with Crippen molar-refractivity contribution >= 4 is 11.7 Å². The number of methoxy groups -OCH3 is 1. The Morgan fingerprint density at radius 1 is 1.07 bits per heavy atom. The molecule has 0 aliphatic carbocycles. The molecule has 1 aromatic heterocycles. The van der Waals surface area contributed by atoms with Crippen LogP contribution in [0.15, 0.2) is 60.8 Å². The Labute approximate surface area is 155 Å². The highest BCUT2D eigenvalue weighted by Crippen LogP contribution is 2.11. The van der Waals surface area contributed by atoms with Gasteiger partial charge in [0.2, 0.25) is 0 Å². The minimum Gasteiger partial charge on any atom is -0.497 e. The maximum Gasteiger partial charge on any atom is 0.297 e. The number of nitrogens with zero attached hydrogens (tertiary/aromatic N) is 3. The quantitative estimate of drug-likeness (QED) is 0.484. The Balaban J connectivity index is 1.50. The molecule has 0 radical (unpaired) electrons. The molecule has 0 atom stereocenters. The molecule has 1 amide bonds. The van der Waals surface area contributed by atoms with Crippen molar-refractivity contribution in [3.05, 3.63) is 77.6 Å². The van der Waals surface area contributed by atoms with Gasteiger partial charge in [-0.2, -0.15) is 0 Å². The minimum absolute atomic E-state index is 0.00298. The maximum absolute atomic E-state index is 12.1. The lowest BCUT2D eigenvalue weighted by molar-refractivity contribution is 0.0229. The minimum atomic E-state index is -0.540. The number of Topliss-reactive ketones (excluding diaryl/α,β-unsaturated/α-hetero) is 1. The van der Waals surface area contributed by atoms with E-state index in [9.17, 15) is 9.59 Å². The molecule has 0 bridgehead atoms. The molecule has 3 rings (SSSR count). The van der Waals surface area contributed by atoms with Crippen molar-refractivity contribution in [2.75, 3.05) is 7.11 Å². The molecular formula is C19H18N4O4. The second kappa shape index (κ2) is 8.72. The van der Waals surface area contributed by atoms with Gasteiger partial charge in [0.05, 0.1) is 19.9 Å². The van der Waals surface area contributed by atoms with Crippen molar-refractivity contribution in [1.29, 1.82) is 0 Å². The average molecular weight is 366 g/mol. The number of benzene rings is 2. The van der Waals surface area contributed by atoms with Crippen LogP contribution in [0.3, 0.4) is 0 Å². The van der Waals surface area contributed by atoms with Crippen LogP contribution in [0, 0.1) is 0 Å². The Hall–Kier alpha value is -3.52. The Bertz CT molecular complexity index is 907. The molecule has 27 heavy (non-hydrogen) atoms. The molecule has 0 aliphatic heterocycles. The maximum atomic E-state index is 12.1. The predicted octanol–water partition coefficient (Wildman–Crippen LogP) is 2.03. The van der Waals surface area contributed by atoms with E-state index in [1.54, 1.807) is 43.5 Å². The number of aromatic nitrogens is 3. The monoisotopic (exact) mass is 366 g/mol. The highest BCUT2D eigenvalue weighted by atomic mass is 16.6. The zero-order valence-corrected chi connectivity index (χ0v) is 14.7. The lowest BCUT2D eigenvalue weighted by Gasteiger charge is -2.05. The third-order valence-corrected chi connectivity index (χ3v) is 3.74. The molecule has 0 aliphatic rings. The topological polar surface area (TPSA) is 95.3 Å². The largest absolute Gasteiger partial charge is 0.497 e. The summed E-state index contributed by atoms with van der Waals surface area (Å²) >= 11 is 0. The highest BCUT2D eigenvalue weighted by Gasteiger charge is 2.13. The van der Waals surface area contributed by atoms with Gasteiger partial charge < -0.3 is 4.74 Å². The number of hydrogen-bond acceptors (Lipinski definition) is 6. The van der Waals surface area contributed by atoms with Gasteiger partial charge in [0.15, 0.2) is 11.5 Å². The number of hydroxylamine groups is 1. The number of ether oxygens (including phenoxy) is 1. The van der Waals surface area contributed by atoms with E-state index < -0.39 is 5.91 Å². The van der Waals surface area contributed by atoms with Crippen LogP contribution in [0.1, 0.15) is 26.4 Å². The van der Waals surface area contributed by atoms with Crippen molar-refractivity contribution < 1.29 is 19.2 Å². The van der Waals surface area contributed by atoms with Crippen LogP contribution >= 0.6 is 0 Å². The van der Waals surface area contributed by atoms with Crippen LogP contribution in [-0.2, 0) is 18.0 Å². The molecular weight excluding hydrogens is 348 g/mol. The Morgan fingerprint density at radius 2 is 1.81 bits per heavy atom. The summed E-state index contributed by atoms with van der Waals surface area (Å²) < 4.78 is 6.39. The van der Waals surface area contributed by atoms with Crippen molar-refractivity contribution in [2.24, 2.45) is 0 Å². The first-order valence-corrected chi connectivity index (χ1v) is 8.19. The van der Waals surface area contributed by atoms with E-state index in [4.69, 9.17) is 9.57 Å². The summed E-state index contributed by atoms with van der Waals surface area (Å²) in [6, 6.07) is 16.1. The van der Waals surface area contributed by atoms with E-state index in [0.717, 1.165) is 11.3 Å². The zero-order valence-electron chi connectivity index (χ0n) is 14.7. The van der Waals surface area contributed by atoms with Gasteiger partial charge in [0.1, 0.15) is 12.3 Å². The summed E-state index contributed by atoms with van der Waals surface area (Å²) in [5, 5.41) is 7.57. The first kappa shape index (κ1) is 18.3. The molecule has 1 N–H and O–H groups in total. The number of carbonyl (C=O) groups excluding carboxylic acids is 2. The van der Waals surface area contributed by atoms with Crippen LogP contribution in [0.4, 0.5) is 0 Å². The van der Waals surface area contributed by atoms with Crippen molar-refractivity contribution in [1.82, 2.24) is 20.5 Å². The van der Waals surface area contributed by atoms with Gasteiger partial charge in [-0.15, -0.1) is 5.10 Å². The molecule has 8 nitrogen and oxygen atoms in total. The standard InChI is InChI=1S/C19H18N4O4/c1-26-16-9-7-14(8-10-16)13-27-21-19(25)17-11-23(22-20-17)12-18(24)15-5-3-2-4-6-15/h2-11H,12-13H2,1H3,(H,21,25). The molecule has 0 saturated heterocycles. The van der Waals surface area contributed by atoms with E-state index in [2.05, 4.69) is 15.8 Å². The number of amides is 1. The molecule has 138 valence electrons. The summed E-state index contributed by atoms with van der Waals surface area (Å²) in [6.45, 7) is 0.188. The second-order valence-corrected chi connectivity index (χ2v) is 5.66. The number of rotatable bonds is 8. The number of ketones is 1. The van der Waals surface area contributed by atoms with Crippen molar-refractivity contribution in [2.45, 2.75) is 13.2 Å². The fourth-order valence-electron chi connectivity index (χ4n) is 2.30. The lowest BCUT2D eigenvalue weighted by Crippen LogP contribution is -2.24. The fraction of sp³-hybridized carbons (Fsp3) is 0.158.